The number of nitrogens with zero attached hydrogens (tertiary/aromatic N) is 6. The minimum Gasteiger partial charge on any atom is -0.465 e. The Morgan fingerprint density at radius 3 is 2.92 bits per heavy atom. The lowest BCUT2D eigenvalue weighted by Gasteiger charge is -2.17. The Labute approximate surface area is 138 Å². The smallest absolute Gasteiger partial charge is 0.405 e. The van der Waals surface area contributed by atoms with Gasteiger partial charge in [-0.3, -0.25) is 0 Å². The van der Waals surface area contributed by atoms with E-state index >= 15 is 0 Å². The summed E-state index contributed by atoms with van der Waals surface area (Å²) >= 11 is 6.03. The van der Waals surface area contributed by atoms with E-state index in [9.17, 15) is 13.6 Å². The van der Waals surface area contributed by atoms with Crippen molar-refractivity contribution in [2.45, 2.75) is 12.5 Å². The van der Waals surface area contributed by atoms with Gasteiger partial charge in [0.15, 0.2) is 5.82 Å². The standard InChI is InChI=1S/C12H10ClF2N7O2/c13-7-2-1-6(8(4-18-21-16)20-12(23)24)3-9(7)22-11(10(14)15)17-5-19-22/h1-3,5,8,10,20H,4H2,(H,23,24)/t8-/m1/s1. The highest BCUT2D eigenvalue weighted by atomic mass is 35.5. The Morgan fingerprint density at radius 2 is 2.29 bits per heavy atom. The van der Waals surface area contributed by atoms with Gasteiger partial charge in [0.2, 0.25) is 0 Å². The molecule has 0 unspecified atom stereocenters. The van der Waals surface area contributed by atoms with Crippen LogP contribution in [0.5, 0.6) is 0 Å². The van der Waals surface area contributed by atoms with Crippen LogP contribution in [0.2, 0.25) is 5.02 Å². The van der Waals surface area contributed by atoms with Gasteiger partial charge in [0.1, 0.15) is 6.33 Å². The van der Waals surface area contributed by atoms with Gasteiger partial charge in [-0.15, -0.1) is 0 Å². The molecule has 0 bridgehead atoms. The number of hydrogen-bond donors (Lipinski definition) is 2. The van der Waals surface area contributed by atoms with Crippen molar-refractivity contribution in [1.82, 2.24) is 20.1 Å². The third kappa shape index (κ3) is 3.89. The average molecular weight is 358 g/mol. The van der Waals surface area contributed by atoms with E-state index in [-0.39, 0.29) is 17.3 Å². The summed E-state index contributed by atoms with van der Waals surface area (Å²) in [7, 11) is 0. The molecule has 126 valence electrons. The molecule has 2 rings (SSSR count). The number of alkyl halides is 2. The van der Waals surface area contributed by atoms with Gasteiger partial charge in [-0.25, -0.2) is 23.2 Å². The lowest BCUT2D eigenvalue weighted by atomic mass is 10.1. The fraction of sp³-hybridized carbons (Fsp3) is 0.250. The molecule has 2 aromatic rings. The average Bonchev–Trinajstić information content (AvgIpc) is 3.01. The van der Waals surface area contributed by atoms with Gasteiger partial charge >= 0.3 is 6.09 Å². The molecular formula is C12H10ClF2N7O2. The molecule has 0 radical (unpaired) electrons. The van der Waals surface area contributed by atoms with Crippen LogP contribution in [-0.4, -0.2) is 32.5 Å². The molecule has 0 spiro atoms. The van der Waals surface area contributed by atoms with Crippen LogP contribution in [0.3, 0.4) is 0 Å². The van der Waals surface area contributed by atoms with Gasteiger partial charge in [-0.1, -0.05) is 22.8 Å². The maximum absolute atomic E-state index is 13.0. The molecule has 2 N–H and O–H groups in total. The molecule has 9 nitrogen and oxygen atoms in total. The molecule has 0 saturated carbocycles. The van der Waals surface area contributed by atoms with E-state index in [2.05, 4.69) is 25.4 Å². The zero-order chi connectivity index (χ0) is 17.7. The Morgan fingerprint density at radius 1 is 1.54 bits per heavy atom. The first-order valence-corrected chi connectivity index (χ1v) is 6.80. The van der Waals surface area contributed by atoms with E-state index in [0.29, 0.717) is 5.56 Å². The van der Waals surface area contributed by atoms with Crippen molar-refractivity contribution in [2.75, 3.05) is 6.54 Å². The Bertz CT molecular complexity index is 787. The molecule has 1 amide bonds. The molecule has 0 aliphatic heterocycles. The second-order valence-corrected chi connectivity index (χ2v) is 4.86. The van der Waals surface area contributed by atoms with Crippen LogP contribution in [0, 0.1) is 0 Å². The number of rotatable bonds is 6. The van der Waals surface area contributed by atoms with Crippen LogP contribution >= 0.6 is 11.6 Å². The number of aromatic nitrogens is 3. The van der Waals surface area contributed by atoms with Gasteiger partial charge in [0.25, 0.3) is 6.43 Å². The Kier molecular flexibility index (Phi) is 5.51. The lowest BCUT2D eigenvalue weighted by Crippen LogP contribution is -2.28. The molecule has 24 heavy (non-hydrogen) atoms. The zero-order valence-electron chi connectivity index (χ0n) is 11.8. The van der Waals surface area contributed by atoms with Crippen molar-refractivity contribution in [3.05, 3.63) is 51.4 Å². The summed E-state index contributed by atoms with van der Waals surface area (Å²) in [4.78, 5) is 16.9. The van der Waals surface area contributed by atoms with Crippen LogP contribution < -0.4 is 5.32 Å². The van der Waals surface area contributed by atoms with Crippen molar-refractivity contribution >= 4 is 17.7 Å². The van der Waals surface area contributed by atoms with Crippen molar-refractivity contribution in [3.8, 4) is 5.69 Å². The minimum atomic E-state index is -2.87. The number of nitrogens with one attached hydrogen (secondary N) is 1. The van der Waals surface area contributed by atoms with Crippen molar-refractivity contribution in [2.24, 2.45) is 5.11 Å². The van der Waals surface area contributed by atoms with E-state index in [4.69, 9.17) is 22.2 Å². The van der Waals surface area contributed by atoms with Crippen LogP contribution in [0.1, 0.15) is 23.9 Å². The molecule has 0 fully saturated rings. The van der Waals surface area contributed by atoms with Gasteiger partial charge in [0, 0.05) is 4.91 Å². The van der Waals surface area contributed by atoms with Gasteiger partial charge in [-0.2, -0.15) is 5.10 Å². The highest BCUT2D eigenvalue weighted by Gasteiger charge is 2.20. The molecular weight excluding hydrogens is 348 g/mol. The number of hydrogen-bond acceptors (Lipinski definition) is 4. The van der Waals surface area contributed by atoms with Gasteiger partial charge in [0.05, 0.1) is 23.3 Å². The van der Waals surface area contributed by atoms with Gasteiger partial charge < -0.3 is 10.4 Å². The summed E-state index contributed by atoms with van der Waals surface area (Å²) in [5.41, 5.74) is 8.86. The lowest BCUT2D eigenvalue weighted by molar-refractivity contribution is 0.137. The highest BCUT2D eigenvalue weighted by Crippen LogP contribution is 2.28. The first-order valence-electron chi connectivity index (χ1n) is 6.42. The SMILES string of the molecule is [N-]=[N+]=NC[C@@H](NC(=O)O)c1ccc(Cl)c(-n2ncnc2C(F)F)c1. The quantitative estimate of drug-likeness (QED) is 0.465. The topological polar surface area (TPSA) is 129 Å². The van der Waals surface area contributed by atoms with E-state index in [1.807, 2.05) is 0 Å². The summed E-state index contributed by atoms with van der Waals surface area (Å²) in [5, 5.41) is 18.2. The summed E-state index contributed by atoms with van der Waals surface area (Å²) in [5.74, 6) is -0.605. The number of amides is 1. The molecule has 0 aliphatic carbocycles. The van der Waals surface area contributed by atoms with E-state index in [1.165, 1.54) is 18.2 Å². The van der Waals surface area contributed by atoms with Crippen LogP contribution in [0.4, 0.5) is 13.6 Å². The number of benzene rings is 1. The summed E-state index contributed by atoms with van der Waals surface area (Å²) in [6.07, 6.45) is -3.25. The minimum absolute atomic E-state index is 0.0973. The maximum atomic E-state index is 13.0. The second kappa shape index (κ2) is 7.57. The molecule has 0 aliphatic rings. The number of halogens is 3. The van der Waals surface area contributed by atoms with Crippen LogP contribution in [0.15, 0.2) is 29.6 Å². The zero-order valence-corrected chi connectivity index (χ0v) is 12.6. The van der Waals surface area contributed by atoms with Crippen molar-refractivity contribution in [1.29, 1.82) is 0 Å². The largest absolute Gasteiger partial charge is 0.465 e. The summed E-state index contributed by atoms with van der Waals surface area (Å²) in [6, 6.07) is 3.37. The fourth-order valence-electron chi connectivity index (χ4n) is 2.00. The highest BCUT2D eigenvalue weighted by molar-refractivity contribution is 6.32. The van der Waals surface area contributed by atoms with E-state index < -0.39 is 24.4 Å². The predicted octanol–water partition coefficient (Wildman–Crippen LogP) is 3.48. The first-order chi connectivity index (χ1) is 11.4. The third-order valence-electron chi connectivity index (χ3n) is 3.00. The number of carboxylic acid groups (broad SMARTS) is 1. The summed E-state index contributed by atoms with van der Waals surface area (Å²) < 4.78 is 26.8. The monoisotopic (exact) mass is 357 g/mol. The third-order valence-corrected chi connectivity index (χ3v) is 3.31. The molecule has 12 heteroatoms. The van der Waals surface area contributed by atoms with E-state index in [1.54, 1.807) is 0 Å². The molecule has 1 aromatic heterocycles. The van der Waals surface area contributed by atoms with Gasteiger partial charge in [-0.05, 0) is 23.2 Å². The Hall–Kier alpha value is -2.91. The van der Waals surface area contributed by atoms with Crippen LogP contribution in [0.25, 0.3) is 16.1 Å². The number of azide groups is 1. The maximum Gasteiger partial charge on any atom is 0.405 e. The van der Waals surface area contributed by atoms with Crippen molar-refractivity contribution in [3.63, 3.8) is 0 Å². The second-order valence-electron chi connectivity index (χ2n) is 4.46. The van der Waals surface area contributed by atoms with Crippen LogP contribution in [-0.2, 0) is 0 Å². The Balaban J connectivity index is 2.48. The number of carbonyl (C=O) groups is 1. The predicted molar refractivity (Wildman–Crippen MR) is 79.2 cm³/mol. The van der Waals surface area contributed by atoms with Crippen molar-refractivity contribution < 1.29 is 18.7 Å². The normalized spacial score (nSPS) is 11.8. The molecule has 1 heterocycles. The molecule has 0 saturated heterocycles. The molecule has 1 aromatic carbocycles. The fourth-order valence-corrected chi connectivity index (χ4v) is 2.19. The summed E-state index contributed by atoms with van der Waals surface area (Å²) in [6.45, 7) is -0.205. The first kappa shape index (κ1) is 17.4. The van der Waals surface area contributed by atoms with E-state index in [0.717, 1.165) is 11.0 Å². The molecule has 1 atom stereocenters.